The summed E-state index contributed by atoms with van der Waals surface area (Å²) < 4.78 is 2.92. The first-order valence-corrected chi connectivity index (χ1v) is 21.1. The summed E-state index contributed by atoms with van der Waals surface area (Å²) in [7, 11) is 0. The van der Waals surface area contributed by atoms with Crippen LogP contribution in [0.2, 0.25) is 8.87 Å². The van der Waals surface area contributed by atoms with Gasteiger partial charge in [0.25, 0.3) is 0 Å². The molecule has 0 aromatic rings. The quantitative estimate of drug-likeness (QED) is 0.0850. The third kappa shape index (κ3) is 66.7. The van der Waals surface area contributed by atoms with E-state index in [1.807, 2.05) is 0 Å². The molecule has 0 aliphatic heterocycles. The van der Waals surface area contributed by atoms with E-state index in [1.54, 1.807) is 45.0 Å². The second-order valence-electron chi connectivity index (χ2n) is 11.1. The number of hydrogen-bond acceptors (Lipinski definition) is 12. The number of carboxylic acids is 6. The summed E-state index contributed by atoms with van der Waals surface area (Å²) in [5.74, 6) is -4.75. The van der Waals surface area contributed by atoms with Crippen molar-refractivity contribution in [3.8, 4) is 0 Å². The van der Waals surface area contributed by atoms with Crippen molar-refractivity contribution in [2.24, 2.45) is 11.8 Å². The van der Waals surface area contributed by atoms with Crippen LogP contribution in [0.15, 0.2) is 0 Å². The Bertz CT molecular complexity index is 646. The second-order valence-corrected chi connectivity index (χ2v) is 13.4. The fourth-order valence-corrected chi connectivity index (χ4v) is 6.32. The summed E-state index contributed by atoms with van der Waals surface area (Å²) in [6.07, 6.45) is 12.9. The monoisotopic (exact) mass is 898 g/mol. The number of aliphatic carboxylic acids is 6. The van der Waals surface area contributed by atoms with Gasteiger partial charge in [0.15, 0.2) is 0 Å². The van der Waals surface area contributed by atoms with Gasteiger partial charge in [-0.1, -0.05) is 0 Å². The Balaban J connectivity index is -0.000000161. The van der Waals surface area contributed by atoms with Crippen molar-refractivity contribution in [1.29, 1.82) is 0 Å². The molecule has 2 unspecified atom stereocenters. The van der Waals surface area contributed by atoms with E-state index < -0.39 is 35.8 Å². The predicted molar refractivity (Wildman–Crippen MR) is 173 cm³/mol. The molecule has 14 heteroatoms. The first kappa shape index (κ1) is 55.8. The molecule has 0 spiro atoms. The molecule has 0 rings (SSSR count). The van der Waals surface area contributed by atoms with Crippen molar-refractivity contribution in [3.05, 3.63) is 0 Å². The third-order valence-corrected chi connectivity index (χ3v) is 9.99. The zero-order chi connectivity index (χ0) is 38.2. The van der Waals surface area contributed by atoms with E-state index in [9.17, 15) is 59.4 Å². The normalized spacial score (nSPS) is 10.9. The minimum Gasteiger partial charge on any atom is -0.550 e. The fourth-order valence-electron chi connectivity index (χ4n) is 3.50. The van der Waals surface area contributed by atoms with Crippen molar-refractivity contribution in [2.45, 2.75) is 165 Å². The maximum atomic E-state index is 9.77. The Labute approximate surface area is 315 Å². The zero-order valence-electron chi connectivity index (χ0n) is 29.6. The minimum atomic E-state index is -1.14. The van der Waals surface area contributed by atoms with Crippen molar-refractivity contribution in [3.63, 3.8) is 0 Å². The Hall–Kier alpha value is -1.58. The molecule has 48 heavy (non-hydrogen) atoms. The van der Waals surface area contributed by atoms with Crippen LogP contribution >= 0.6 is 0 Å². The Kier molecular flexibility index (Phi) is 52.8. The van der Waals surface area contributed by atoms with E-state index in [4.69, 9.17) is 0 Å². The van der Waals surface area contributed by atoms with Crippen molar-refractivity contribution < 1.29 is 59.4 Å². The largest absolute Gasteiger partial charge is 0.550 e. The van der Waals surface area contributed by atoms with E-state index in [1.165, 1.54) is 60.2 Å². The van der Waals surface area contributed by atoms with Crippen LogP contribution in [0.3, 0.4) is 0 Å². The number of unbranched alkanes of at least 4 members (excludes halogenated alkanes) is 5. The number of carboxylic acid groups (broad SMARTS) is 6. The van der Waals surface area contributed by atoms with E-state index in [0.29, 0.717) is 38.5 Å². The molecule has 0 bridgehead atoms. The Morgan fingerprint density at radius 3 is 0.688 bits per heavy atom. The first-order valence-electron chi connectivity index (χ1n) is 17.1. The van der Waals surface area contributed by atoms with Crippen LogP contribution in [0.1, 0.15) is 156 Å². The molecule has 0 amide bonds. The number of hydrogen-bond donors (Lipinski definition) is 0. The molecule has 0 aromatic carbocycles. The van der Waals surface area contributed by atoms with Crippen LogP contribution in [0.5, 0.6) is 0 Å². The molecule has 0 saturated carbocycles. The van der Waals surface area contributed by atoms with Gasteiger partial charge in [0.05, 0.1) is 0 Å². The Morgan fingerprint density at radius 1 is 0.396 bits per heavy atom. The average Bonchev–Trinajstić information content (AvgIpc) is 3.02. The van der Waals surface area contributed by atoms with Crippen LogP contribution < -0.4 is 30.6 Å². The maximum absolute atomic E-state index is 9.77. The standard InChI is InChI=1S/2C8H17.3C6H10O4.2Sn/c2*1-4-6-7-8(3)5-2;3*7-5(8)3-1-2-4-6(9)10;;/h2*8H,3-7H2,1-2H3;3*1-4H2,(H,7,8)(H,9,10);;/q;;;;;2*+3/p-6. The molecule has 274 valence electrons. The molecule has 0 N–H and O–H groups in total. The molecule has 0 radical (unpaired) electrons. The van der Waals surface area contributed by atoms with Gasteiger partial charge in [-0.05, 0) is 77.0 Å². The summed E-state index contributed by atoms with van der Waals surface area (Å²) in [6.45, 7) is 9.17. The Morgan fingerprint density at radius 2 is 0.583 bits per heavy atom. The molecule has 2 atom stereocenters. The summed E-state index contributed by atoms with van der Waals surface area (Å²) in [4.78, 5) is 58.6. The fraction of sp³-hybridized carbons (Fsp3) is 0.824. The van der Waals surface area contributed by atoms with Crippen molar-refractivity contribution in [2.75, 3.05) is 0 Å². The molecular weight excluding hydrogens is 838 g/mol. The summed E-state index contributed by atoms with van der Waals surface area (Å²) in [5, 5.41) is 58.6. The first-order chi connectivity index (χ1) is 22.6. The van der Waals surface area contributed by atoms with E-state index in [-0.39, 0.29) is 38.5 Å². The molecule has 0 saturated heterocycles. The van der Waals surface area contributed by atoms with E-state index in [2.05, 4.69) is 27.7 Å². The summed E-state index contributed by atoms with van der Waals surface area (Å²) in [5.41, 5.74) is 0. The van der Waals surface area contributed by atoms with Gasteiger partial charge < -0.3 is 59.4 Å². The minimum absolute atomic E-state index is 0.0761. The molecule has 0 heterocycles. The van der Waals surface area contributed by atoms with E-state index in [0.717, 1.165) is 11.8 Å². The molecule has 0 aliphatic rings. The summed E-state index contributed by atoms with van der Waals surface area (Å²) >= 11 is 3.43. The molecule has 12 nitrogen and oxygen atoms in total. The number of carbonyl (C=O) groups excluding carboxylic acids is 6. The van der Waals surface area contributed by atoms with Gasteiger partial charge in [-0.15, -0.1) is 0 Å². The van der Waals surface area contributed by atoms with Crippen LogP contribution in [0.25, 0.3) is 0 Å². The van der Waals surface area contributed by atoms with Gasteiger partial charge in [-0.25, -0.2) is 0 Å². The van der Waals surface area contributed by atoms with Gasteiger partial charge in [0.2, 0.25) is 0 Å². The predicted octanol–water partition coefficient (Wildman–Crippen LogP) is -0.281. The second kappa shape index (κ2) is 45.4. The topological polar surface area (TPSA) is 241 Å². The summed E-state index contributed by atoms with van der Waals surface area (Å²) in [6, 6.07) is 0. The van der Waals surface area contributed by atoms with Crippen LogP contribution in [-0.4, -0.2) is 80.9 Å². The third-order valence-electron chi connectivity index (χ3n) is 6.70. The van der Waals surface area contributed by atoms with E-state index >= 15 is 0 Å². The smallest absolute Gasteiger partial charge is 0.0414 e. The zero-order valence-corrected chi connectivity index (χ0v) is 35.3. The van der Waals surface area contributed by atoms with Crippen LogP contribution in [-0.2, 0) is 28.8 Å². The number of rotatable bonds is 25. The SMILES string of the molecule is CCCCC(CC)[CH2][Sn+3].CCCCC(CC)[CH2][Sn+3].O=C([O-])CCCCC(=O)[O-].O=C([O-])CCCCC(=O)[O-].O=C([O-])CCCCC(=O)[O-]. The van der Waals surface area contributed by atoms with Crippen molar-refractivity contribution >= 4 is 80.9 Å². The van der Waals surface area contributed by atoms with Crippen LogP contribution in [0, 0.1) is 11.8 Å². The molecular formula is C34H58O12Sn2. The van der Waals surface area contributed by atoms with Crippen LogP contribution in [0.4, 0.5) is 0 Å². The molecule has 0 fully saturated rings. The van der Waals surface area contributed by atoms with Gasteiger partial charge >= 0.3 is 145 Å². The van der Waals surface area contributed by atoms with Gasteiger partial charge in [0.1, 0.15) is 0 Å². The maximum Gasteiger partial charge on any atom is 0.0414 e. The van der Waals surface area contributed by atoms with Crippen molar-refractivity contribution in [1.82, 2.24) is 0 Å². The molecule has 0 aliphatic carbocycles. The number of carbonyl (C=O) groups is 6. The van der Waals surface area contributed by atoms with Gasteiger partial charge in [-0.2, -0.15) is 0 Å². The average molecular weight is 896 g/mol. The van der Waals surface area contributed by atoms with Gasteiger partial charge in [0, 0.05) is 35.8 Å². The molecule has 0 aromatic heterocycles. The van der Waals surface area contributed by atoms with Gasteiger partial charge in [-0.3, -0.25) is 0 Å².